The van der Waals surface area contributed by atoms with Crippen molar-refractivity contribution in [1.29, 1.82) is 0 Å². The van der Waals surface area contributed by atoms with Gasteiger partial charge in [0.2, 0.25) is 0 Å². The number of hydrogen-bond donors (Lipinski definition) is 2. The van der Waals surface area contributed by atoms with Gasteiger partial charge in [0.05, 0.1) is 19.8 Å². The van der Waals surface area contributed by atoms with Gasteiger partial charge in [-0.2, -0.15) is 0 Å². The van der Waals surface area contributed by atoms with E-state index in [1.54, 1.807) is 0 Å². The number of ether oxygens (including phenoxy) is 1. The predicted octanol–water partition coefficient (Wildman–Crippen LogP) is 4.24. The van der Waals surface area contributed by atoms with Gasteiger partial charge in [-0.1, -0.05) is 36.4 Å². The van der Waals surface area contributed by atoms with Crippen LogP contribution in [0.5, 0.6) is 0 Å². The Morgan fingerprint density at radius 3 is 2.62 bits per heavy atom. The molecule has 32 heavy (non-hydrogen) atoms. The Kier molecular flexibility index (Phi) is 9.67. The van der Waals surface area contributed by atoms with Crippen LogP contribution in [0.4, 0.5) is 5.69 Å². The second kappa shape index (κ2) is 12.7. The van der Waals surface area contributed by atoms with Crippen molar-refractivity contribution in [2.24, 2.45) is 4.99 Å². The summed E-state index contributed by atoms with van der Waals surface area (Å²) in [6.07, 6.45) is 3.21. The molecule has 0 radical (unpaired) electrons. The number of rotatable bonds is 8. The van der Waals surface area contributed by atoms with E-state index in [-0.39, 0.29) is 24.0 Å². The highest BCUT2D eigenvalue weighted by atomic mass is 127. The first-order valence-corrected chi connectivity index (χ1v) is 11.3. The van der Waals surface area contributed by atoms with Gasteiger partial charge >= 0.3 is 0 Å². The van der Waals surface area contributed by atoms with Crippen LogP contribution < -0.4 is 15.5 Å². The third-order valence-corrected chi connectivity index (χ3v) is 5.64. The van der Waals surface area contributed by atoms with Crippen LogP contribution in [0.3, 0.4) is 0 Å². The molecule has 6 nitrogen and oxygen atoms in total. The zero-order valence-electron chi connectivity index (χ0n) is 18.8. The van der Waals surface area contributed by atoms with Crippen molar-refractivity contribution in [2.45, 2.75) is 26.4 Å². The highest BCUT2D eigenvalue weighted by Crippen LogP contribution is 2.22. The fourth-order valence-corrected chi connectivity index (χ4v) is 4.06. The summed E-state index contributed by atoms with van der Waals surface area (Å²) in [6, 6.07) is 19.3. The molecule has 0 saturated carbocycles. The minimum absolute atomic E-state index is 0. The molecule has 7 heteroatoms. The number of anilines is 1. The van der Waals surface area contributed by atoms with Gasteiger partial charge < -0.3 is 24.8 Å². The summed E-state index contributed by atoms with van der Waals surface area (Å²) in [5, 5.41) is 8.16. The van der Waals surface area contributed by atoms with Crippen molar-refractivity contribution < 1.29 is 4.74 Å². The van der Waals surface area contributed by atoms with Crippen molar-refractivity contribution >= 4 is 46.5 Å². The van der Waals surface area contributed by atoms with E-state index in [2.05, 4.69) is 87.8 Å². The van der Waals surface area contributed by atoms with Crippen LogP contribution >= 0.6 is 24.0 Å². The van der Waals surface area contributed by atoms with Crippen molar-refractivity contribution in [3.8, 4) is 0 Å². The summed E-state index contributed by atoms with van der Waals surface area (Å²) >= 11 is 0. The molecular formula is C25H34IN5O. The van der Waals surface area contributed by atoms with E-state index < -0.39 is 0 Å². The lowest BCUT2D eigenvalue weighted by Crippen LogP contribution is -2.38. The van der Waals surface area contributed by atoms with Gasteiger partial charge in [0.1, 0.15) is 0 Å². The van der Waals surface area contributed by atoms with Crippen molar-refractivity contribution in [1.82, 2.24) is 15.2 Å². The third-order valence-electron chi connectivity index (χ3n) is 5.64. The Balaban J connectivity index is 0.00000289. The van der Waals surface area contributed by atoms with Crippen molar-refractivity contribution in [2.75, 3.05) is 44.3 Å². The van der Waals surface area contributed by atoms with Gasteiger partial charge in [0, 0.05) is 50.1 Å². The highest BCUT2D eigenvalue weighted by Gasteiger charge is 2.14. The normalized spacial score (nSPS) is 14.3. The monoisotopic (exact) mass is 547 g/mol. The molecule has 1 saturated heterocycles. The number of fused-ring (bicyclic) bond motifs is 1. The minimum Gasteiger partial charge on any atom is -0.378 e. The molecule has 0 atom stereocenters. The van der Waals surface area contributed by atoms with Gasteiger partial charge in [-0.3, -0.25) is 0 Å². The SMILES string of the molecule is CCNC(=NCc1ccccc1N1CCOCC1)NCCCn1ccc2ccccc21.I. The summed E-state index contributed by atoms with van der Waals surface area (Å²) in [5.74, 6) is 0.872. The van der Waals surface area contributed by atoms with Gasteiger partial charge in [-0.15, -0.1) is 24.0 Å². The second-order valence-corrected chi connectivity index (χ2v) is 7.77. The van der Waals surface area contributed by atoms with Crippen LogP contribution in [0.15, 0.2) is 65.8 Å². The number of hydrogen-bond acceptors (Lipinski definition) is 3. The van der Waals surface area contributed by atoms with Crippen LogP contribution in [-0.4, -0.2) is 49.9 Å². The van der Waals surface area contributed by atoms with Crippen molar-refractivity contribution in [3.05, 3.63) is 66.4 Å². The van der Waals surface area contributed by atoms with E-state index in [4.69, 9.17) is 9.73 Å². The quantitative estimate of drug-likeness (QED) is 0.192. The summed E-state index contributed by atoms with van der Waals surface area (Å²) in [6.45, 7) is 8.93. The predicted molar refractivity (Wildman–Crippen MR) is 144 cm³/mol. The number of halogens is 1. The molecule has 0 spiro atoms. The van der Waals surface area contributed by atoms with E-state index in [0.29, 0.717) is 6.54 Å². The zero-order valence-corrected chi connectivity index (χ0v) is 21.1. The molecule has 0 aliphatic carbocycles. The Labute approximate surface area is 208 Å². The molecule has 1 aliphatic rings. The smallest absolute Gasteiger partial charge is 0.191 e. The zero-order chi connectivity index (χ0) is 21.3. The lowest BCUT2D eigenvalue weighted by atomic mass is 10.1. The number of aryl methyl sites for hydroxylation is 1. The Bertz CT molecular complexity index is 997. The molecule has 2 aromatic carbocycles. The molecule has 2 N–H and O–H groups in total. The number of para-hydroxylation sites is 2. The molecule has 0 bridgehead atoms. The topological polar surface area (TPSA) is 53.8 Å². The van der Waals surface area contributed by atoms with E-state index in [1.807, 2.05) is 0 Å². The highest BCUT2D eigenvalue weighted by molar-refractivity contribution is 14.0. The molecule has 2 heterocycles. The number of morpholine rings is 1. The van der Waals surface area contributed by atoms with Crippen LogP contribution in [0.1, 0.15) is 18.9 Å². The van der Waals surface area contributed by atoms with Crippen LogP contribution in [0.2, 0.25) is 0 Å². The van der Waals surface area contributed by atoms with Gasteiger partial charge in [0.15, 0.2) is 5.96 Å². The van der Waals surface area contributed by atoms with Gasteiger partial charge in [-0.25, -0.2) is 4.99 Å². The third kappa shape index (κ3) is 6.38. The molecule has 172 valence electrons. The van der Waals surface area contributed by atoms with E-state index in [0.717, 1.165) is 58.3 Å². The maximum Gasteiger partial charge on any atom is 0.191 e. The van der Waals surface area contributed by atoms with Gasteiger partial charge in [-0.05, 0) is 42.5 Å². The first kappa shape index (κ1) is 24.4. The molecule has 1 aliphatic heterocycles. The number of aromatic nitrogens is 1. The minimum atomic E-state index is 0. The Morgan fingerprint density at radius 2 is 1.78 bits per heavy atom. The van der Waals surface area contributed by atoms with E-state index in [1.165, 1.54) is 22.2 Å². The Morgan fingerprint density at radius 1 is 1.00 bits per heavy atom. The van der Waals surface area contributed by atoms with Crippen LogP contribution in [-0.2, 0) is 17.8 Å². The number of benzene rings is 2. The summed E-state index contributed by atoms with van der Waals surface area (Å²) in [7, 11) is 0. The average Bonchev–Trinajstić information content (AvgIpc) is 3.24. The summed E-state index contributed by atoms with van der Waals surface area (Å²) in [5.41, 5.74) is 3.81. The lowest BCUT2D eigenvalue weighted by molar-refractivity contribution is 0.122. The molecule has 1 aromatic heterocycles. The maximum atomic E-state index is 5.51. The lowest BCUT2D eigenvalue weighted by Gasteiger charge is -2.30. The van der Waals surface area contributed by atoms with Crippen LogP contribution in [0.25, 0.3) is 10.9 Å². The summed E-state index contributed by atoms with van der Waals surface area (Å²) in [4.78, 5) is 7.25. The summed E-state index contributed by atoms with van der Waals surface area (Å²) < 4.78 is 7.82. The number of guanidine groups is 1. The largest absolute Gasteiger partial charge is 0.378 e. The molecular weight excluding hydrogens is 513 g/mol. The van der Waals surface area contributed by atoms with E-state index >= 15 is 0 Å². The Hall–Kier alpha value is -2.26. The average molecular weight is 547 g/mol. The number of aliphatic imine (C=N–C) groups is 1. The standard InChI is InChI=1S/C25H33N5O.HI/c1-2-26-25(27-13-7-14-29-15-12-21-8-3-5-10-23(21)29)28-20-22-9-4-6-11-24(22)30-16-18-31-19-17-30;/h3-6,8-12,15H,2,7,13-14,16-20H2,1H3,(H2,26,27,28);1H. The van der Waals surface area contributed by atoms with Crippen LogP contribution in [0, 0.1) is 0 Å². The molecule has 4 rings (SSSR count). The van der Waals surface area contributed by atoms with E-state index in [9.17, 15) is 0 Å². The second-order valence-electron chi connectivity index (χ2n) is 7.77. The van der Waals surface area contributed by atoms with Gasteiger partial charge in [0.25, 0.3) is 0 Å². The molecule has 0 unspecified atom stereocenters. The maximum absolute atomic E-state index is 5.51. The number of nitrogens with zero attached hydrogens (tertiary/aromatic N) is 3. The molecule has 1 fully saturated rings. The fourth-order valence-electron chi connectivity index (χ4n) is 4.06. The first-order chi connectivity index (χ1) is 15.3. The first-order valence-electron chi connectivity index (χ1n) is 11.3. The number of nitrogens with one attached hydrogen (secondary N) is 2. The van der Waals surface area contributed by atoms with Crippen molar-refractivity contribution in [3.63, 3.8) is 0 Å². The fraction of sp³-hybridized carbons (Fsp3) is 0.400. The molecule has 0 amide bonds. The molecule has 3 aromatic rings.